The summed E-state index contributed by atoms with van der Waals surface area (Å²) in [6, 6.07) is -0.787. The molecule has 0 radical (unpaired) electrons. The van der Waals surface area contributed by atoms with Crippen LogP contribution in [0.5, 0.6) is 0 Å². The van der Waals surface area contributed by atoms with Crippen LogP contribution < -0.4 is 5.73 Å². The molecule has 0 aliphatic heterocycles. The Morgan fingerprint density at radius 1 is 1.28 bits per heavy atom. The van der Waals surface area contributed by atoms with Gasteiger partial charge in [-0.05, 0) is 18.3 Å². The summed E-state index contributed by atoms with van der Waals surface area (Å²) in [7, 11) is 1.66. The summed E-state index contributed by atoms with van der Waals surface area (Å²) in [6.07, 6.45) is 5.35. The van der Waals surface area contributed by atoms with Crippen molar-refractivity contribution in [3.63, 3.8) is 0 Å². The van der Waals surface area contributed by atoms with Gasteiger partial charge in [-0.25, -0.2) is 0 Å². The molecule has 0 aliphatic rings. The van der Waals surface area contributed by atoms with E-state index in [2.05, 4.69) is 13.8 Å². The number of nitrogens with two attached hydrogens (primary N) is 1. The molecule has 0 rings (SSSR count). The van der Waals surface area contributed by atoms with Gasteiger partial charge < -0.3 is 15.6 Å². The van der Waals surface area contributed by atoms with Crippen molar-refractivity contribution in [1.29, 1.82) is 0 Å². The molecule has 0 fully saturated rings. The molecule has 4 nitrogen and oxygen atoms in total. The second-order valence-electron chi connectivity index (χ2n) is 5.25. The highest BCUT2D eigenvalue weighted by Gasteiger charge is 2.31. The van der Waals surface area contributed by atoms with Crippen LogP contribution in [0.25, 0.3) is 0 Å². The van der Waals surface area contributed by atoms with E-state index >= 15 is 0 Å². The van der Waals surface area contributed by atoms with Crippen molar-refractivity contribution in [2.45, 2.75) is 65.8 Å². The zero-order valence-electron chi connectivity index (χ0n) is 12.7. The van der Waals surface area contributed by atoms with Crippen LogP contribution in [0.2, 0.25) is 0 Å². The zero-order chi connectivity index (χ0) is 14.6. The van der Waals surface area contributed by atoms with Crippen LogP contribution in [0.3, 0.4) is 0 Å². The van der Waals surface area contributed by atoms with Gasteiger partial charge in [0.1, 0.15) is 6.04 Å². The van der Waals surface area contributed by atoms with Gasteiger partial charge in [0.15, 0.2) is 0 Å². The van der Waals surface area contributed by atoms with Crippen LogP contribution in [0.4, 0.5) is 0 Å². The highest BCUT2D eigenvalue weighted by Crippen LogP contribution is 2.26. The Balaban J connectivity index is 0. The van der Waals surface area contributed by atoms with Crippen LogP contribution in [-0.2, 0) is 9.53 Å². The minimum atomic E-state index is -0.929. The second kappa shape index (κ2) is 11.5. The Kier molecular flexibility index (Phi) is 12.6. The zero-order valence-corrected chi connectivity index (χ0v) is 12.7. The predicted octanol–water partition coefficient (Wildman–Crippen LogP) is 3.05. The number of hydrogen-bond donors (Lipinski definition) is 2. The molecule has 0 spiro atoms. The van der Waals surface area contributed by atoms with Crippen LogP contribution in [-0.4, -0.2) is 30.8 Å². The molecule has 0 aromatic heterocycles. The molecular weight excluding hydrogens is 230 g/mol. The minimum Gasteiger partial charge on any atom is -0.480 e. The summed E-state index contributed by atoms with van der Waals surface area (Å²) in [5, 5.41) is 8.77. The molecule has 0 aromatic rings. The number of ether oxygens (including phenoxy) is 1. The maximum atomic E-state index is 10.7. The molecule has 1 unspecified atom stereocenters. The molecule has 0 saturated heterocycles. The fourth-order valence-electron chi connectivity index (χ4n) is 1.32. The van der Waals surface area contributed by atoms with E-state index in [1.807, 2.05) is 13.8 Å². The Bertz CT molecular complexity index is 203. The Labute approximate surface area is 112 Å². The van der Waals surface area contributed by atoms with Gasteiger partial charge in [0.05, 0.1) is 0 Å². The summed E-state index contributed by atoms with van der Waals surface area (Å²) in [6.45, 7) is 8.86. The normalized spacial score (nSPS) is 12.6. The Morgan fingerprint density at radius 2 is 1.78 bits per heavy atom. The molecule has 3 N–H and O–H groups in total. The van der Waals surface area contributed by atoms with Gasteiger partial charge >= 0.3 is 5.97 Å². The SMILES string of the molecule is CCCC.COCCCCC(C)(C)C(N)C(=O)O. The van der Waals surface area contributed by atoms with Crippen molar-refractivity contribution >= 4 is 5.97 Å². The molecule has 1 atom stereocenters. The number of carbonyl (C=O) groups is 1. The van der Waals surface area contributed by atoms with E-state index < -0.39 is 12.0 Å². The predicted molar refractivity (Wildman–Crippen MR) is 75.7 cm³/mol. The number of rotatable bonds is 8. The maximum Gasteiger partial charge on any atom is 0.321 e. The standard InChI is InChI=1S/C10H21NO3.C4H10/c1-10(2,8(11)9(12)13)6-4-5-7-14-3;1-3-4-2/h8H,4-7,11H2,1-3H3,(H,12,13);3-4H2,1-2H3. The van der Waals surface area contributed by atoms with E-state index in [0.29, 0.717) is 0 Å². The average molecular weight is 261 g/mol. The summed E-state index contributed by atoms with van der Waals surface area (Å²) < 4.78 is 4.92. The lowest BCUT2D eigenvalue weighted by Crippen LogP contribution is -2.43. The number of carboxylic acid groups (broad SMARTS) is 1. The molecule has 0 bridgehead atoms. The number of methoxy groups -OCH3 is 1. The van der Waals surface area contributed by atoms with Crippen LogP contribution in [0, 0.1) is 5.41 Å². The molecule has 0 aromatic carbocycles. The summed E-state index contributed by atoms with van der Waals surface area (Å²) in [5.41, 5.74) is 5.23. The first kappa shape index (κ1) is 19.7. The van der Waals surface area contributed by atoms with Gasteiger partial charge in [0, 0.05) is 13.7 Å². The summed E-state index contributed by atoms with van der Waals surface area (Å²) in [5.74, 6) is -0.929. The number of unbranched alkanes of at least 4 members (excludes halogenated alkanes) is 2. The van der Waals surface area contributed by atoms with Crippen LogP contribution in [0.1, 0.15) is 59.8 Å². The Morgan fingerprint density at radius 3 is 2.11 bits per heavy atom. The minimum absolute atomic E-state index is 0.348. The average Bonchev–Trinajstić information content (AvgIpc) is 2.34. The topological polar surface area (TPSA) is 72.5 Å². The summed E-state index contributed by atoms with van der Waals surface area (Å²) >= 11 is 0. The summed E-state index contributed by atoms with van der Waals surface area (Å²) in [4.78, 5) is 10.7. The van der Waals surface area contributed by atoms with Crippen molar-refractivity contribution in [2.24, 2.45) is 11.1 Å². The van der Waals surface area contributed by atoms with Gasteiger partial charge in [-0.3, -0.25) is 4.79 Å². The molecule has 0 aliphatic carbocycles. The van der Waals surface area contributed by atoms with Crippen molar-refractivity contribution in [3.8, 4) is 0 Å². The lowest BCUT2D eigenvalue weighted by Gasteiger charge is -2.28. The molecule has 0 heterocycles. The molecule has 4 heteroatoms. The van der Waals surface area contributed by atoms with Crippen molar-refractivity contribution in [3.05, 3.63) is 0 Å². The lowest BCUT2D eigenvalue weighted by atomic mass is 9.80. The maximum absolute atomic E-state index is 10.7. The number of aliphatic carboxylic acids is 1. The van der Waals surface area contributed by atoms with E-state index in [9.17, 15) is 4.79 Å². The first-order valence-electron chi connectivity index (χ1n) is 6.80. The molecule has 0 amide bonds. The van der Waals surface area contributed by atoms with Gasteiger partial charge in [-0.1, -0.05) is 47.0 Å². The third kappa shape index (κ3) is 10.5. The molecule has 110 valence electrons. The van der Waals surface area contributed by atoms with Crippen molar-refractivity contribution in [1.82, 2.24) is 0 Å². The molecule has 18 heavy (non-hydrogen) atoms. The van der Waals surface area contributed by atoms with Crippen molar-refractivity contribution in [2.75, 3.05) is 13.7 Å². The third-order valence-corrected chi connectivity index (χ3v) is 3.03. The van der Waals surface area contributed by atoms with E-state index in [0.717, 1.165) is 25.9 Å². The van der Waals surface area contributed by atoms with Gasteiger partial charge in [-0.15, -0.1) is 0 Å². The quantitative estimate of drug-likeness (QED) is 0.659. The van der Waals surface area contributed by atoms with Crippen LogP contribution in [0.15, 0.2) is 0 Å². The van der Waals surface area contributed by atoms with E-state index in [-0.39, 0.29) is 5.41 Å². The van der Waals surface area contributed by atoms with E-state index in [4.69, 9.17) is 15.6 Å². The van der Waals surface area contributed by atoms with Gasteiger partial charge in [0.25, 0.3) is 0 Å². The first-order valence-corrected chi connectivity index (χ1v) is 6.80. The fraction of sp³-hybridized carbons (Fsp3) is 0.929. The van der Waals surface area contributed by atoms with Crippen LogP contribution >= 0.6 is 0 Å². The highest BCUT2D eigenvalue weighted by atomic mass is 16.5. The van der Waals surface area contributed by atoms with Crippen molar-refractivity contribution < 1.29 is 14.6 Å². The largest absolute Gasteiger partial charge is 0.480 e. The lowest BCUT2D eigenvalue weighted by molar-refractivity contribution is -0.141. The fourth-order valence-corrected chi connectivity index (χ4v) is 1.32. The highest BCUT2D eigenvalue weighted by molar-refractivity contribution is 5.74. The van der Waals surface area contributed by atoms with E-state index in [1.54, 1.807) is 7.11 Å². The smallest absolute Gasteiger partial charge is 0.321 e. The van der Waals surface area contributed by atoms with Gasteiger partial charge in [0.2, 0.25) is 0 Å². The second-order valence-corrected chi connectivity index (χ2v) is 5.25. The third-order valence-electron chi connectivity index (χ3n) is 3.03. The monoisotopic (exact) mass is 261 g/mol. The van der Waals surface area contributed by atoms with E-state index in [1.165, 1.54) is 12.8 Å². The molecular formula is C14H31NO3. The Hall–Kier alpha value is -0.610. The number of carboxylic acids is 1. The van der Waals surface area contributed by atoms with Gasteiger partial charge in [-0.2, -0.15) is 0 Å². The number of hydrogen-bond acceptors (Lipinski definition) is 3. The first-order chi connectivity index (χ1) is 8.33. The molecule has 0 saturated carbocycles.